The first-order chi connectivity index (χ1) is 5.90. The molecule has 12 heavy (non-hydrogen) atoms. The summed E-state index contributed by atoms with van der Waals surface area (Å²) in [5, 5.41) is 12.6. The molecule has 2 heteroatoms. The summed E-state index contributed by atoms with van der Waals surface area (Å²) in [5.74, 6) is 3.70. The summed E-state index contributed by atoms with van der Waals surface area (Å²) in [6.07, 6.45) is 4.36. The highest BCUT2D eigenvalue weighted by Gasteiger charge is 2.52. The molecule has 0 amide bonds. The van der Waals surface area contributed by atoms with E-state index in [2.05, 4.69) is 5.32 Å². The van der Waals surface area contributed by atoms with Crippen LogP contribution >= 0.6 is 0 Å². The van der Waals surface area contributed by atoms with Crippen molar-refractivity contribution in [3.8, 4) is 0 Å². The van der Waals surface area contributed by atoms with E-state index in [4.69, 9.17) is 0 Å². The molecule has 5 unspecified atom stereocenters. The third-order valence-corrected chi connectivity index (χ3v) is 4.44. The Morgan fingerprint density at radius 2 is 2.08 bits per heavy atom. The van der Waals surface area contributed by atoms with Gasteiger partial charge in [-0.15, -0.1) is 0 Å². The number of rotatable bonds is 1. The van der Waals surface area contributed by atoms with Gasteiger partial charge in [0.2, 0.25) is 0 Å². The van der Waals surface area contributed by atoms with Crippen LogP contribution in [0.15, 0.2) is 0 Å². The Labute approximate surface area is 73.4 Å². The van der Waals surface area contributed by atoms with Gasteiger partial charge >= 0.3 is 0 Å². The molecule has 68 valence electrons. The Balaban J connectivity index is 1.85. The van der Waals surface area contributed by atoms with Gasteiger partial charge in [0.05, 0.1) is 6.61 Å². The molecule has 2 saturated carbocycles. The van der Waals surface area contributed by atoms with Crippen molar-refractivity contribution in [2.24, 2.45) is 23.7 Å². The summed E-state index contributed by atoms with van der Waals surface area (Å²) in [7, 11) is 0. The van der Waals surface area contributed by atoms with Crippen LogP contribution in [0.3, 0.4) is 0 Å². The van der Waals surface area contributed by atoms with Crippen molar-refractivity contribution < 1.29 is 5.11 Å². The second-order valence-electron chi connectivity index (χ2n) is 4.77. The highest BCUT2D eigenvalue weighted by atomic mass is 16.3. The summed E-state index contributed by atoms with van der Waals surface area (Å²) in [6.45, 7) is 1.53. The lowest BCUT2D eigenvalue weighted by atomic mass is 9.79. The Hall–Kier alpha value is -0.0800. The minimum Gasteiger partial charge on any atom is -0.395 e. The number of nitrogens with one attached hydrogen (secondary N) is 1. The molecule has 1 aliphatic heterocycles. The maximum Gasteiger partial charge on any atom is 0.0587 e. The minimum absolute atomic E-state index is 0.352. The first-order valence-electron chi connectivity index (χ1n) is 5.24. The van der Waals surface area contributed by atoms with Gasteiger partial charge < -0.3 is 10.4 Å². The van der Waals surface area contributed by atoms with Crippen molar-refractivity contribution in [2.75, 3.05) is 13.2 Å². The zero-order chi connectivity index (χ0) is 8.13. The van der Waals surface area contributed by atoms with Crippen LogP contribution in [0.4, 0.5) is 0 Å². The topological polar surface area (TPSA) is 32.3 Å². The van der Waals surface area contributed by atoms with E-state index in [0.717, 1.165) is 23.7 Å². The van der Waals surface area contributed by atoms with Gasteiger partial charge in [-0.3, -0.25) is 0 Å². The van der Waals surface area contributed by atoms with Crippen LogP contribution < -0.4 is 5.32 Å². The van der Waals surface area contributed by atoms with Gasteiger partial charge in [-0.25, -0.2) is 0 Å². The summed E-state index contributed by atoms with van der Waals surface area (Å²) < 4.78 is 0. The van der Waals surface area contributed by atoms with Crippen LogP contribution in [0.1, 0.15) is 19.3 Å². The molecule has 0 aromatic carbocycles. The number of fused-ring (bicyclic) bond motifs is 5. The standard InChI is InChI=1S/C10H17NO/c12-5-9-10-7-2-1-6(3-7)8(10)4-11-9/h6-12H,1-5H2. The van der Waals surface area contributed by atoms with Crippen LogP contribution in [-0.4, -0.2) is 24.3 Å². The van der Waals surface area contributed by atoms with Gasteiger partial charge in [-0.1, -0.05) is 0 Å². The Bertz CT molecular complexity index is 192. The molecule has 1 saturated heterocycles. The highest BCUT2D eigenvalue weighted by molar-refractivity contribution is 5.05. The van der Waals surface area contributed by atoms with Crippen molar-refractivity contribution in [2.45, 2.75) is 25.3 Å². The average molecular weight is 167 g/mol. The molecule has 5 atom stereocenters. The van der Waals surface area contributed by atoms with E-state index < -0.39 is 0 Å². The largest absolute Gasteiger partial charge is 0.395 e. The van der Waals surface area contributed by atoms with E-state index in [1.54, 1.807) is 0 Å². The quantitative estimate of drug-likeness (QED) is 0.600. The first-order valence-corrected chi connectivity index (χ1v) is 5.24. The number of aliphatic hydroxyl groups is 1. The van der Waals surface area contributed by atoms with Gasteiger partial charge in [0.25, 0.3) is 0 Å². The lowest BCUT2D eigenvalue weighted by Gasteiger charge is -2.26. The van der Waals surface area contributed by atoms with Crippen LogP contribution in [0.5, 0.6) is 0 Å². The first kappa shape index (κ1) is 7.34. The normalized spacial score (nSPS) is 56.2. The highest BCUT2D eigenvalue weighted by Crippen LogP contribution is 2.55. The van der Waals surface area contributed by atoms with E-state index >= 15 is 0 Å². The fraction of sp³-hybridized carbons (Fsp3) is 1.00. The smallest absolute Gasteiger partial charge is 0.0587 e. The van der Waals surface area contributed by atoms with E-state index in [-0.39, 0.29) is 0 Å². The second kappa shape index (κ2) is 2.46. The Kier molecular flexibility index (Phi) is 1.50. The molecule has 1 heterocycles. The van der Waals surface area contributed by atoms with Crippen molar-refractivity contribution in [3.05, 3.63) is 0 Å². The molecule has 2 bridgehead atoms. The minimum atomic E-state index is 0.352. The molecule has 0 aromatic heterocycles. The van der Waals surface area contributed by atoms with Gasteiger partial charge in [0.1, 0.15) is 0 Å². The Morgan fingerprint density at radius 3 is 2.92 bits per heavy atom. The van der Waals surface area contributed by atoms with Gasteiger partial charge in [0, 0.05) is 6.04 Å². The summed E-state index contributed by atoms with van der Waals surface area (Å²) in [6, 6.07) is 0.435. The molecule has 3 fully saturated rings. The van der Waals surface area contributed by atoms with Crippen LogP contribution in [0.2, 0.25) is 0 Å². The maximum absolute atomic E-state index is 9.18. The van der Waals surface area contributed by atoms with Crippen LogP contribution in [0, 0.1) is 23.7 Å². The van der Waals surface area contributed by atoms with Crippen LogP contribution in [-0.2, 0) is 0 Å². The van der Waals surface area contributed by atoms with Gasteiger partial charge in [-0.2, -0.15) is 0 Å². The van der Waals surface area contributed by atoms with Crippen molar-refractivity contribution >= 4 is 0 Å². The third-order valence-electron chi connectivity index (χ3n) is 4.44. The maximum atomic E-state index is 9.18. The number of aliphatic hydroxyl groups excluding tert-OH is 1. The molecular weight excluding hydrogens is 150 g/mol. The second-order valence-corrected chi connectivity index (χ2v) is 4.77. The molecule has 3 aliphatic rings. The van der Waals surface area contributed by atoms with Crippen molar-refractivity contribution in [1.82, 2.24) is 5.32 Å². The molecule has 2 aliphatic carbocycles. The van der Waals surface area contributed by atoms with E-state index in [9.17, 15) is 5.11 Å². The van der Waals surface area contributed by atoms with Gasteiger partial charge in [-0.05, 0) is 49.5 Å². The summed E-state index contributed by atoms with van der Waals surface area (Å²) >= 11 is 0. The zero-order valence-electron chi connectivity index (χ0n) is 7.37. The van der Waals surface area contributed by atoms with E-state index in [0.29, 0.717) is 12.6 Å². The molecule has 2 nitrogen and oxygen atoms in total. The fourth-order valence-electron chi connectivity index (χ4n) is 3.99. The number of hydrogen-bond acceptors (Lipinski definition) is 2. The van der Waals surface area contributed by atoms with E-state index in [1.165, 1.54) is 25.8 Å². The summed E-state index contributed by atoms with van der Waals surface area (Å²) in [4.78, 5) is 0. The molecule has 2 N–H and O–H groups in total. The molecular formula is C10H17NO. The lowest BCUT2D eigenvalue weighted by Crippen LogP contribution is -2.33. The van der Waals surface area contributed by atoms with Gasteiger partial charge in [0.15, 0.2) is 0 Å². The molecule has 0 radical (unpaired) electrons. The third kappa shape index (κ3) is 0.775. The monoisotopic (exact) mass is 167 g/mol. The predicted octanol–water partition coefficient (Wildman–Crippen LogP) is 0.613. The molecule has 3 rings (SSSR count). The van der Waals surface area contributed by atoms with Crippen molar-refractivity contribution in [1.29, 1.82) is 0 Å². The fourth-order valence-corrected chi connectivity index (χ4v) is 3.99. The lowest BCUT2D eigenvalue weighted by molar-refractivity contribution is 0.178. The summed E-state index contributed by atoms with van der Waals surface area (Å²) in [5.41, 5.74) is 0. The van der Waals surface area contributed by atoms with Crippen LogP contribution in [0.25, 0.3) is 0 Å². The SMILES string of the molecule is OCC1NCC2C3CCC(C3)C12. The number of hydrogen-bond donors (Lipinski definition) is 2. The Morgan fingerprint density at radius 1 is 1.25 bits per heavy atom. The van der Waals surface area contributed by atoms with E-state index in [1.807, 2.05) is 0 Å². The average Bonchev–Trinajstić information content (AvgIpc) is 2.76. The molecule has 0 aromatic rings. The predicted molar refractivity (Wildman–Crippen MR) is 46.7 cm³/mol. The zero-order valence-corrected chi connectivity index (χ0v) is 7.37. The van der Waals surface area contributed by atoms with Crippen molar-refractivity contribution in [3.63, 3.8) is 0 Å². The molecule has 0 spiro atoms.